The number of hydrogen-bond acceptors (Lipinski definition) is 6. The van der Waals surface area contributed by atoms with E-state index in [-0.39, 0.29) is 17.5 Å². The molecule has 0 bridgehead atoms. The van der Waals surface area contributed by atoms with Crippen LogP contribution in [0.1, 0.15) is 21.6 Å². The van der Waals surface area contributed by atoms with Crippen LogP contribution in [-0.2, 0) is 6.18 Å². The molecular weight excluding hydrogens is 433 g/mol. The van der Waals surface area contributed by atoms with Gasteiger partial charge in [-0.2, -0.15) is 13.2 Å². The third-order valence-corrected chi connectivity index (χ3v) is 4.64. The van der Waals surface area contributed by atoms with Gasteiger partial charge in [-0.25, -0.2) is 9.97 Å². The average Bonchev–Trinajstić information content (AvgIpc) is 2.81. The molecule has 0 fully saturated rings. The SMILES string of the molecule is Cc1ccc(NC(=O)c2cccnc2)cc1Nc1cc(C(F)(F)F)nc(-c2ccncc2)n1. The number of rotatable bonds is 5. The van der Waals surface area contributed by atoms with Crippen molar-refractivity contribution < 1.29 is 18.0 Å². The molecule has 4 aromatic rings. The lowest BCUT2D eigenvalue weighted by Gasteiger charge is -2.14. The average molecular weight is 450 g/mol. The van der Waals surface area contributed by atoms with Gasteiger partial charge >= 0.3 is 6.18 Å². The zero-order valence-electron chi connectivity index (χ0n) is 17.3. The van der Waals surface area contributed by atoms with Gasteiger partial charge in [-0.3, -0.25) is 14.8 Å². The minimum absolute atomic E-state index is 0.0389. The largest absolute Gasteiger partial charge is 0.433 e. The molecule has 7 nitrogen and oxygen atoms in total. The Labute approximate surface area is 186 Å². The number of aryl methyl sites for hydroxylation is 1. The van der Waals surface area contributed by atoms with Gasteiger partial charge in [0.2, 0.25) is 0 Å². The summed E-state index contributed by atoms with van der Waals surface area (Å²) >= 11 is 0. The summed E-state index contributed by atoms with van der Waals surface area (Å²) in [5, 5.41) is 5.66. The van der Waals surface area contributed by atoms with Crippen molar-refractivity contribution in [3.8, 4) is 11.4 Å². The van der Waals surface area contributed by atoms with E-state index < -0.39 is 11.9 Å². The monoisotopic (exact) mass is 450 g/mol. The number of hydrogen-bond donors (Lipinski definition) is 2. The molecule has 0 aliphatic heterocycles. The molecular formula is C23H17F3N6O. The van der Waals surface area contributed by atoms with E-state index >= 15 is 0 Å². The summed E-state index contributed by atoms with van der Waals surface area (Å²) in [6.45, 7) is 1.78. The summed E-state index contributed by atoms with van der Waals surface area (Å²) in [7, 11) is 0. The number of pyridine rings is 2. The molecule has 0 spiro atoms. The minimum atomic E-state index is -4.66. The van der Waals surface area contributed by atoms with Gasteiger partial charge in [0.05, 0.1) is 5.56 Å². The second-order valence-corrected chi connectivity index (χ2v) is 7.05. The van der Waals surface area contributed by atoms with Crippen LogP contribution < -0.4 is 10.6 Å². The number of benzene rings is 1. The van der Waals surface area contributed by atoms with Crippen LogP contribution in [0.3, 0.4) is 0 Å². The standard InChI is InChI=1S/C23H17F3N6O/c1-14-4-5-17(29-22(33)16-3-2-8-28-13-16)11-18(14)30-20-12-19(23(24,25)26)31-21(32-20)15-6-9-27-10-7-15/h2-13H,1H3,(H,29,33)(H,30,31,32). The van der Waals surface area contributed by atoms with Gasteiger partial charge in [-0.1, -0.05) is 6.07 Å². The predicted octanol–water partition coefficient (Wildman–Crippen LogP) is 5.26. The third-order valence-electron chi connectivity index (χ3n) is 4.64. The van der Waals surface area contributed by atoms with Crippen molar-refractivity contribution in [1.82, 2.24) is 19.9 Å². The molecule has 0 saturated carbocycles. The van der Waals surface area contributed by atoms with Crippen molar-refractivity contribution in [2.75, 3.05) is 10.6 Å². The fourth-order valence-corrected chi connectivity index (χ4v) is 2.96. The van der Waals surface area contributed by atoms with Crippen molar-refractivity contribution in [3.63, 3.8) is 0 Å². The molecule has 0 radical (unpaired) electrons. The van der Waals surface area contributed by atoms with Crippen molar-refractivity contribution in [2.24, 2.45) is 0 Å². The van der Waals surface area contributed by atoms with E-state index in [0.717, 1.165) is 11.6 Å². The topological polar surface area (TPSA) is 92.7 Å². The summed E-state index contributed by atoms with van der Waals surface area (Å²) in [5.41, 5.74) is 1.37. The number of nitrogens with one attached hydrogen (secondary N) is 2. The van der Waals surface area contributed by atoms with Crippen LogP contribution in [0.4, 0.5) is 30.4 Å². The lowest BCUT2D eigenvalue weighted by molar-refractivity contribution is -0.141. The van der Waals surface area contributed by atoms with E-state index in [1.807, 2.05) is 0 Å². The van der Waals surface area contributed by atoms with Gasteiger partial charge in [0, 0.05) is 47.8 Å². The Hall–Kier alpha value is -4.34. The normalized spacial score (nSPS) is 11.2. The van der Waals surface area contributed by atoms with E-state index in [9.17, 15) is 18.0 Å². The first kappa shape index (κ1) is 21.9. The van der Waals surface area contributed by atoms with Gasteiger partial charge in [-0.15, -0.1) is 0 Å². The van der Waals surface area contributed by atoms with E-state index in [1.54, 1.807) is 43.5 Å². The highest BCUT2D eigenvalue weighted by Gasteiger charge is 2.34. The molecule has 0 aliphatic carbocycles. The molecule has 0 unspecified atom stereocenters. The molecule has 10 heteroatoms. The second kappa shape index (κ2) is 9.03. The first-order valence-corrected chi connectivity index (χ1v) is 9.75. The van der Waals surface area contributed by atoms with Crippen LogP contribution in [0.25, 0.3) is 11.4 Å². The first-order chi connectivity index (χ1) is 15.8. The van der Waals surface area contributed by atoms with E-state index in [2.05, 4.69) is 30.6 Å². The molecule has 1 aromatic carbocycles. The Morgan fingerprint density at radius 3 is 2.42 bits per heavy atom. The molecule has 3 aromatic heterocycles. The van der Waals surface area contributed by atoms with E-state index in [1.165, 1.54) is 30.7 Å². The Balaban J connectivity index is 1.65. The lowest BCUT2D eigenvalue weighted by atomic mass is 10.1. The summed E-state index contributed by atoms with van der Waals surface area (Å²) in [4.78, 5) is 28.1. The molecule has 2 N–H and O–H groups in total. The lowest BCUT2D eigenvalue weighted by Crippen LogP contribution is -2.13. The van der Waals surface area contributed by atoms with Crippen LogP contribution in [0.2, 0.25) is 0 Å². The van der Waals surface area contributed by atoms with Crippen LogP contribution in [-0.4, -0.2) is 25.8 Å². The fourth-order valence-electron chi connectivity index (χ4n) is 2.96. The Morgan fingerprint density at radius 1 is 0.939 bits per heavy atom. The molecule has 1 amide bonds. The highest BCUT2D eigenvalue weighted by atomic mass is 19.4. The summed E-state index contributed by atoms with van der Waals surface area (Å²) < 4.78 is 40.4. The van der Waals surface area contributed by atoms with Gasteiger partial charge in [0.1, 0.15) is 5.82 Å². The number of alkyl halides is 3. The first-order valence-electron chi connectivity index (χ1n) is 9.75. The number of amides is 1. The Bertz CT molecular complexity index is 1280. The fraction of sp³-hybridized carbons (Fsp3) is 0.0870. The number of anilines is 3. The maximum absolute atomic E-state index is 13.5. The van der Waals surface area contributed by atoms with Crippen molar-refractivity contribution in [2.45, 2.75) is 13.1 Å². The van der Waals surface area contributed by atoms with Gasteiger partial charge in [-0.05, 0) is 48.9 Å². The molecule has 0 saturated heterocycles. The van der Waals surface area contributed by atoms with Gasteiger partial charge < -0.3 is 10.6 Å². The maximum atomic E-state index is 13.5. The number of nitrogens with zero attached hydrogens (tertiary/aromatic N) is 4. The number of aromatic nitrogens is 4. The number of halogens is 3. The smallest absolute Gasteiger partial charge is 0.340 e. The van der Waals surface area contributed by atoms with Gasteiger partial charge in [0.25, 0.3) is 5.91 Å². The van der Waals surface area contributed by atoms with Crippen LogP contribution in [0.5, 0.6) is 0 Å². The Kier molecular flexibility index (Phi) is 5.99. The quantitative estimate of drug-likeness (QED) is 0.431. The molecule has 33 heavy (non-hydrogen) atoms. The second-order valence-electron chi connectivity index (χ2n) is 7.05. The van der Waals surface area contributed by atoms with Crippen LogP contribution in [0.15, 0.2) is 73.3 Å². The summed E-state index contributed by atoms with van der Waals surface area (Å²) in [6.07, 6.45) is 1.23. The van der Waals surface area contributed by atoms with Crippen molar-refractivity contribution >= 4 is 23.1 Å². The highest BCUT2D eigenvalue weighted by Crippen LogP contribution is 2.32. The predicted molar refractivity (Wildman–Crippen MR) is 117 cm³/mol. The van der Waals surface area contributed by atoms with Crippen LogP contribution >= 0.6 is 0 Å². The van der Waals surface area contributed by atoms with E-state index in [4.69, 9.17) is 0 Å². The zero-order chi connectivity index (χ0) is 23.4. The Morgan fingerprint density at radius 2 is 1.73 bits per heavy atom. The molecule has 0 aliphatic rings. The number of carbonyl (C=O) groups is 1. The molecule has 0 atom stereocenters. The zero-order valence-corrected chi connectivity index (χ0v) is 17.3. The molecule has 166 valence electrons. The summed E-state index contributed by atoms with van der Waals surface area (Å²) in [5.74, 6) is -0.490. The highest BCUT2D eigenvalue weighted by molar-refractivity contribution is 6.04. The summed E-state index contributed by atoms with van der Waals surface area (Å²) in [6, 6.07) is 12.2. The van der Waals surface area contributed by atoms with E-state index in [0.29, 0.717) is 22.5 Å². The van der Waals surface area contributed by atoms with Crippen molar-refractivity contribution in [3.05, 3.63) is 90.1 Å². The third kappa shape index (κ3) is 5.29. The maximum Gasteiger partial charge on any atom is 0.433 e. The molecule has 3 heterocycles. The van der Waals surface area contributed by atoms with Crippen molar-refractivity contribution in [1.29, 1.82) is 0 Å². The van der Waals surface area contributed by atoms with Gasteiger partial charge in [0.15, 0.2) is 11.5 Å². The minimum Gasteiger partial charge on any atom is -0.340 e. The van der Waals surface area contributed by atoms with Crippen LogP contribution in [0, 0.1) is 6.92 Å². The molecule has 4 rings (SSSR count). The number of carbonyl (C=O) groups excluding carboxylic acids is 1.